The van der Waals surface area contributed by atoms with Crippen LogP contribution in [0.15, 0.2) is 42.5 Å². The molecule has 2 aromatic rings. The SMILES string of the molecule is CCOc1ccc(C(=O)Nc2ccc3c(c2)CN(C)CC3)cc1. The van der Waals surface area contributed by atoms with Crippen molar-refractivity contribution in [3.8, 4) is 5.75 Å². The molecular formula is C19H22N2O2. The zero-order chi connectivity index (χ0) is 16.2. The first kappa shape index (κ1) is 15.6. The molecule has 0 atom stereocenters. The Morgan fingerprint density at radius 2 is 1.96 bits per heavy atom. The van der Waals surface area contributed by atoms with Crippen LogP contribution in [0.25, 0.3) is 0 Å². The molecule has 0 aliphatic carbocycles. The topological polar surface area (TPSA) is 41.6 Å². The molecule has 0 saturated heterocycles. The lowest BCUT2D eigenvalue weighted by Crippen LogP contribution is -2.26. The quantitative estimate of drug-likeness (QED) is 0.942. The maximum absolute atomic E-state index is 12.4. The predicted octanol–water partition coefficient (Wildman–Crippen LogP) is 3.33. The summed E-state index contributed by atoms with van der Waals surface area (Å²) < 4.78 is 5.39. The number of likely N-dealkylation sites (N-methyl/N-ethyl adjacent to an activating group) is 1. The number of anilines is 1. The van der Waals surface area contributed by atoms with Crippen molar-refractivity contribution in [3.05, 3.63) is 59.2 Å². The molecule has 0 fully saturated rings. The third-order valence-electron chi connectivity index (χ3n) is 4.09. The molecule has 0 bridgehead atoms. The number of benzene rings is 2. The Morgan fingerprint density at radius 3 is 2.70 bits per heavy atom. The molecule has 1 N–H and O–H groups in total. The number of nitrogens with one attached hydrogen (secondary N) is 1. The van der Waals surface area contributed by atoms with Crippen molar-refractivity contribution >= 4 is 11.6 Å². The fourth-order valence-corrected chi connectivity index (χ4v) is 2.85. The van der Waals surface area contributed by atoms with E-state index in [1.54, 1.807) is 12.1 Å². The molecule has 1 aliphatic rings. The molecule has 4 heteroatoms. The van der Waals surface area contributed by atoms with Crippen molar-refractivity contribution in [3.63, 3.8) is 0 Å². The number of carbonyl (C=O) groups excluding carboxylic acids is 1. The van der Waals surface area contributed by atoms with Gasteiger partial charge in [0.05, 0.1) is 6.61 Å². The van der Waals surface area contributed by atoms with Crippen molar-refractivity contribution in [2.75, 3.05) is 25.5 Å². The van der Waals surface area contributed by atoms with Crippen molar-refractivity contribution in [1.82, 2.24) is 4.90 Å². The summed E-state index contributed by atoms with van der Waals surface area (Å²) in [4.78, 5) is 14.6. The van der Waals surface area contributed by atoms with Gasteiger partial charge in [0.1, 0.15) is 5.75 Å². The zero-order valence-corrected chi connectivity index (χ0v) is 13.6. The van der Waals surface area contributed by atoms with E-state index in [9.17, 15) is 4.79 Å². The highest BCUT2D eigenvalue weighted by atomic mass is 16.5. The highest BCUT2D eigenvalue weighted by Gasteiger charge is 2.14. The third-order valence-corrected chi connectivity index (χ3v) is 4.09. The summed E-state index contributed by atoms with van der Waals surface area (Å²) in [6.45, 7) is 4.58. The monoisotopic (exact) mass is 310 g/mol. The maximum Gasteiger partial charge on any atom is 0.255 e. The summed E-state index contributed by atoms with van der Waals surface area (Å²) in [6, 6.07) is 13.4. The lowest BCUT2D eigenvalue weighted by molar-refractivity contribution is 0.102. The first-order chi connectivity index (χ1) is 11.2. The zero-order valence-electron chi connectivity index (χ0n) is 13.6. The lowest BCUT2D eigenvalue weighted by atomic mass is 9.99. The second kappa shape index (κ2) is 6.84. The summed E-state index contributed by atoms with van der Waals surface area (Å²) in [7, 11) is 2.12. The second-order valence-electron chi connectivity index (χ2n) is 5.88. The summed E-state index contributed by atoms with van der Waals surface area (Å²) in [5, 5.41) is 2.98. The van der Waals surface area contributed by atoms with Gasteiger partial charge in [0.25, 0.3) is 5.91 Å². The maximum atomic E-state index is 12.4. The molecule has 1 heterocycles. The first-order valence-corrected chi connectivity index (χ1v) is 8.00. The number of carbonyl (C=O) groups is 1. The van der Waals surface area contributed by atoms with Gasteiger partial charge in [0, 0.05) is 24.3 Å². The van der Waals surface area contributed by atoms with Gasteiger partial charge in [-0.1, -0.05) is 6.07 Å². The smallest absolute Gasteiger partial charge is 0.255 e. The molecule has 120 valence electrons. The van der Waals surface area contributed by atoms with Gasteiger partial charge in [-0.15, -0.1) is 0 Å². The summed E-state index contributed by atoms with van der Waals surface area (Å²) in [5.41, 5.74) is 4.15. The van der Waals surface area contributed by atoms with E-state index in [-0.39, 0.29) is 5.91 Å². The Hall–Kier alpha value is -2.33. The highest BCUT2D eigenvalue weighted by molar-refractivity contribution is 6.04. The second-order valence-corrected chi connectivity index (χ2v) is 5.88. The summed E-state index contributed by atoms with van der Waals surface area (Å²) >= 11 is 0. The van der Waals surface area contributed by atoms with Gasteiger partial charge < -0.3 is 15.0 Å². The van der Waals surface area contributed by atoms with Crippen molar-refractivity contribution in [2.24, 2.45) is 0 Å². The van der Waals surface area contributed by atoms with E-state index in [4.69, 9.17) is 4.74 Å². The van der Waals surface area contributed by atoms with Crippen LogP contribution in [0.3, 0.4) is 0 Å². The molecule has 0 spiro atoms. The van der Waals surface area contributed by atoms with E-state index in [2.05, 4.69) is 29.4 Å². The van der Waals surface area contributed by atoms with Crippen LogP contribution in [0, 0.1) is 0 Å². The van der Waals surface area contributed by atoms with Crippen molar-refractivity contribution in [1.29, 1.82) is 0 Å². The van der Waals surface area contributed by atoms with E-state index in [0.717, 1.165) is 30.9 Å². The van der Waals surface area contributed by atoms with Crippen molar-refractivity contribution < 1.29 is 9.53 Å². The van der Waals surface area contributed by atoms with Crippen LogP contribution in [0.5, 0.6) is 5.75 Å². The largest absolute Gasteiger partial charge is 0.494 e. The van der Waals surface area contributed by atoms with E-state index in [1.807, 2.05) is 25.1 Å². The number of hydrogen-bond acceptors (Lipinski definition) is 3. The molecular weight excluding hydrogens is 288 g/mol. The van der Waals surface area contributed by atoms with Crippen LogP contribution in [0.1, 0.15) is 28.4 Å². The van der Waals surface area contributed by atoms with E-state index < -0.39 is 0 Å². The van der Waals surface area contributed by atoms with Gasteiger partial charge in [0.15, 0.2) is 0 Å². The van der Waals surface area contributed by atoms with Gasteiger partial charge in [-0.3, -0.25) is 4.79 Å². The molecule has 1 amide bonds. The molecule has 0 radical (unpaired) electrons. The van der Waals surface area contributed by atoms with Crippen molar-refractivity contribution in [2.45, 2.75) is 19.9 Å². The Balaban J connectivity index is 1.71. The van der Waals surface area contributed by atoms with E-state index >= 15 is 0 Å². The number of hydrogen-bond donors (Lipinski definition) is 1. The number of ether oxygens (including phenoxy) is 1. The fraction of sp³-hybridized carbons (Fsp3) is 0.316. The Kier molecular flexibility index (Phi) is 4.63. The molecule has 2 aromatic carbocycles. The Bertz CT molecular complexity index is 695. The number of rotatable bonds is 4. The van der Waals surface area contributed by atoms with Gasteiger partial charge in [-0.05, 0) is 67.9 Å². The van der Waals surface area contributed by atoms with Gasteiger partial charge >= 0.3 is 0 Å². The molecule has 0 unspecified atom stereocenters. The van der Waals surface area contributed by atoms with E-state index in [1.165, 1.54) is 11.1 Å². The number of nitrogens with zero attached hydrogens (tertiary/aromatic N) is 1. The van der Waals surface area contributed by atoms with Crippen LogP contribution in [-0.4, -0.2) is 31.0 Å². The Labute approximate surface area is 137 Å². The normalized spacial score (nSPS) is 14.2. The fourth-order valence-electron chi connectivity index (χ4n) is 2.85. The van der Waals surface area contributed by atoms with Gasteiger partial charge in [-0.2, -0.15) is 0 Å². The Morgan fingerprint density at radius 1 is 1.17 bits per heavy atom. The summed E-state index contributed by atoms with van der Waals surface area (Å²) in [5.74, 6) is 0.679. The minimum absolute atomic E-state index is 0.0998. The predicted molar refractivity (Wildman–Crippen MR) is 92.0 cm³/mol. The van der Waals surface area contributed by atoms with Crippen LogP contribution in [-0.2, 0) is 13.0 Å². The highest BCUT2D eigenvalue weighted by Crippen LogP contribution is 2.22. The first-order valence-electron chi connectivity index (χ1n) is 8.00. The standard InChI is InChI=1S/C19H22N2O2/c1-3-23-18-8-5-15(6-9-18)19(22)20-17-7-4-14-10-11-21(2)13-16(14)12-17/h4-9,12H,3,10-11,13H2,1-2H3,(H,20,22). The molecule has 3 rings (SSSR count). The van der Waals surface area contributed by atoms with Crippen LogP contribution < -0.4 is 10.1 Å². The number of amides is 1. The molecule has 1 aliphatic heterocycles. The third kappa shape index (κ3) is 3.71. The van der Waals surface area contributed by atoms with Crippen LogP contribution in [0.4, 0.5) is 5.69 Å². The number of fused-ring (bicyclic) bond motifs is 1. The lowest BCUT2D eigenvalue weighted by Gasteiger charge is -2.25. The molecule has 0 aromatic heterocycles. The average molecular weight is 310 g/mol. The van der Waals surface area contributed by atoms with Crippen LogP contribution in [0.2, 0.25) is 0 Å². The van der Waals surface area contributed by atoms with E-state index in [0.29, 0.717) is 12.2 Å². The van der Waals surface area contributed by atoms with Gasteiger partial charge in [-0.25, -0.2) is 0 Å². The molecule has 23 heavy (non-hydrogen) atoms. The van der Waals surface area contributed by atoms with Gasteiger partial charge in [0.2, 0.25) is 0 Å². The minimum Gasteiger partial charge on any atom is -0.494 e. The molecule has 0 saturated carbocycles. The molecule has 4 nitrogen and oxygen atoms in total. The van der Waals surface area contributed by atoms with Crippen LogP contribution >= 0.6 is 0 Å². The average Bonchev–Trinajstić information content (AvgIpc) is 2.55. The minimum atomic E-state index is -0.0998. The summed E-state index contributed by atoms with van der Waals surface area (Å²) in [6.07, 6.45) is 1.07.